The zero-order valence-electron chi connectivity index (χ0n) is 16.7. The van der Waals surface area contributed by atoms with Gasteiger partial charge in [-0.3, -0.25) is 9.48 Å². The average Bonchev–Trinajstić information content (AvgIpc) is 3.28. The molecule has 0 unspecified atom stereocenters. The minimum atomic E-state index is -3.00. The second-order valence-electron chi connectivity index (χ2n) is 7.84. The van der Waals surface area contributed by atoms with Gasteiger partial charge < -0.3 is 10.1 Å². The van der Waals surface area contributed by atoms with E-state index in [0.717, 1.165) is 54.7 Å². The van der Waals surface area contributed by atoms with Crippen molar-refractivity contribution in [3.63, 3.8) is 0 Å². The molecule has 0 radical (unpaired) electrons. The summed E-state index contributed by atoms with van der Waals surface area (Å²) < 4.78 is 30.8. The van der Waals surface area contributed by atoms with Crippen LogP contribution in [0.15, 0.2) is 24.3 Å². The summed E-state index contributed by atoms with van der Waals surface area (Å²) in [7, 11) is -1.37. The van der Waals surface area contributed by atoms with Crippen LogP contribution in [0.2, 0.25) is 0 Å². The number of rotatable bonds is 6. The number of hydrogen-bond donors (Lipinski definition) is 1. The summed E-state index contributed by atoms with van der Waals surface area (Å²) in [5.41, 5.74) is 3.65. The summed E-state index contributed by atoms with van der Waals surface area (Å²) >= 11 is 0. The molecule has 1 atom stereocenters. The van der Waals surface area contributed by atoms with Crippen LogP contribution in [0, 0.1) is 0 Å². The lowest BCUT2D eigenvalue weighted by atomic mass is 9.95. The monoisotopic (exact) mass is 417 g/mol. The minimum absolute atomic E-state index is 0.125. The normalized spacial score (nSPS) is 20.2. The molecule has 0 saturated carbocycles. The highest BCUT2D eigenvalue weighted by Crippen LogP contribution is 2.31. The van der Waals surface area contributed by atoms with Gasteiger partial charge in [0.25, 0.3) is 5.91 Å². The maximum Gasteiger partial charge on any atom is 0.272 e. The summed E-state index contributed by atoms with van der Waals surface area (Å²) in [6, 6.07) is 7.65. The van der Waals surface area contributed by atoms with Gasteiger partial charge in [0.1, 0.15) is 5.75 Å². The van der Waals surface area contributed by atoms with Crippen LogP contribution in [-0.2, 0) is 29.1 Å². The van der Waals surface area contributed by atoms with Gasteiger partial charge in [-0.1, -0.05) is 12.1 Å². The third-order valence-electron chi connectivity index (χ3n) is 5.84. The fourth-order valence-electron chi connectivity index (χ4n) is 4.27. The molecule has 2 heterocycles. The molecule has 0 spiro atoms. The van der Waals surface area contributed by atoms with Gasteiger partial charge in [-0.2, -0.15) is 5.10 Å². The second kappa shape index (κ2) is 8.18. The Balaban J connectivity index is 1.46. The van der Waals surface area contributed by atoms with E-state index in [4.69, 9.17) is 4.74 Å². The molecular formula is C21H27N3O4S. The van der Waals surface area contributed by atoms with Gasteiger partial charge in [-0.15, -0.1) is 0 Å². The number of amides is 1. The van der Waals surface area contributed by atoms with Crippen molar-refractivity contribution >= 4 is 15.7 Å². The van der Waals surface area contributed by atoms with E-state index >= 15 is 0 Å². The van der Waals surface area contributed by atoms with Crippen LogP contribution in [0.1, 0.15) is 52.6 Å². The SMILES string of the molecule is COc1ccc(CCNC(=O)c2nn([C@H]3CCS(=O)(=O)C3)c3c2CCCC3)cc1. The number of benzene rings is 1. The standard InChI is InChI=1S/C21H27N3O4S/c1-28-17-8-6-15(7-9-17)10-12-22-21(25)20-18-4-2-3-5-19(18)24(23-20)16-11-13-29(26,27)14-16/h6-9,16H,2-5,10-14H2,1H3,(H,22,25)/t16-/m0/s1. The Hall–Kier alpha value is -2.35. The molecule has 7 nitrogen and oxygen atoms in total. The van der Waals surface area contributed by atoms with Gasteiger partial charge in [-0.25, -0.2) is 8.42 Å². The van der Waals surface area contributed by atoms with Crippen molar-refractivity contribution < 1.29 is 17.9 Å². The Morgan fingerprint density at radius 2 is 2.00 bits per heavy atom. The first-order valence-corrected chi connectivity index (χ1v) is 12.0. The summed E-state index contributed by atoms with van der Waals surface area (Å²) in [4.78, 5) is 12.8. The zero-order valence-corrected chi connectivity index (χ0v) is 17.5. The Morgan fingerprint density at radius 3 is 2.69 bits per heavy atom. The van der Waals surface area contributed by atoms with Crippen molar-refractivity contribution in [2.45, 2.75) is 44.6 Å². The molecule has 1 N–H and O–H groups in total. The first-order chi connectivity index (χ1) is 14.0. The highest BCUT2D eigenvalue weighted by atomic mass is 32.2. The van der Waals surface area contributed by atoms with Crippen molar-refractivity contribution in [2.75, 3.05) is 25.2 Å². The van der Waals surface area contributed by atoms with E-state index in [1.165, 1.54) is 0 Å². The molecule has 29 heavy (non-hydrogen) atoms. The topological polar surface area (TPSA) is 90.3 Å². The molecule has 1 aromatic carbocycles. The number of ether oxygens (including phenoxy) is 1. The molecule has 4 rings (SSSR count). The third-order valence-corrected chi connectivity index (χ3v) is 7.59. The Morgan fingerprint density at radius 1 is 1.24 bits per heavy atom. The lowest BCUT2D eigenvalue weighted by Crippen LogP contribution is -2.27. The zero-order chi connectivity index (χ0) is 20.4. The maximum atomic E-state index is 12.8. The number of carbonyl (C=O) groups is 1. The van der Waals surface area contributed by atoms with E-state index in [0.29, 0.717) is 18.7 Å². The lowest BCUT2D eigenvalue weighted by molar-refractivity contribution is 0.0947. The highest BCUT2D eigenvalue weighted by Gasteiger charge is 2.34. The third kappa shape index (κ3) is 4.32. The smallest absolute Gasteiger partial charge is 0.272 e. The molecule has 1 aromatic heterocycles. The Kier molecular flexibility index (Phi) is 5.63. The van der Waals surface area contributed by atoms with Gasteiger partial charge in [0, 0.05) is 17.8 Å². The van der Waals surface area contributed by atoms with E-state index in [1.54, 1.807) is 7.11 Å². The van der Waals surface area contributed by atoms with Crippen LogP contribution in [0.5, 0.6) is 5.75 Å². The molecule has 1 amide bonds. The molecule has 1 saturated heterocycles. The number of nitrogens with one attached hydrogen (secondary N) is 1. The van der Waals surface area contributed by atoms with Crippen molar-refractivity contribution in [2.24, 2.45) is 0 Å². The van der Waals surface area contributed by atoms with Gasteiger partial charge in [-0.05, 0) is 56.2 Å². The van der Waals surface area contributed by atoms with E-state index in [2.05, 4.69) is 10.4 Å². The molecule has 0 bridgehead atoms. The fourth-order valence-corrected chi connectivity index (χ4v) is 5.97. The molecule has 1 aliphatic carbocycles. The quantitative estimate of drug-likeness (QED) is 0.777. The van der Waals surface area contributed by atoms with Crippen molar-refractivity contribution in [1.82, 2.24) is 15.1 Å². The largest absolute Gasteiger partial charge is 0.497 e. The number of fused-ring (bicyclic) bond motifs is 1. The van der Waals surface area contributed by atoms with Gasteiger partial charge in [0.15, 0.2) is 15.5 Å². The van der Waals surface area contributed by atoms with Crippen LogP contribution in [0.4, 0.5) is 0 Å². The molecule has 2 aliphatic rings. The number of carbonyl (C=O) groups excluding carboxylic acids is 1. The molecule has 1 fully saturated rings. The Labute approximate surface area is 171 Å². The Bertz CT molecular complexity index is 996. The fraction of sp³-hybridized carbons (Fsp3) is 0.524. The van der Waals surface area contributed by atoms with E-state index in [1.807, 2.05) is 28.9 Å². The van der Waals surface area contributed by atoms with E-state index in [-0.39, 0.29) is 23.5 Å². The van der Waals surface area contributed by atoms with Crippen LogP contribution < -0.4 is 10.1 Å². The predicted octanol–water partition coefficient (Wildman–Crippen LogP) is 2.10. The molecule has 2 aromatic rings. The number of sulfone groups is 1. The van der Waals surface area contributed by atoms with E-state index in [9.17, 15) is 13.2 Å². The van der Waals surface area contributed by atoms with Gasteiger partial charge in [0.2, 0.25) is 0 Å². The van der Waals surface area contributed by atoms with Crippen LogP contribution in [0.25, 0.3) is 0 Å². The van der Waals surface area contributed by atoms with Crippen LogP contribution in [0.3, 0.4) is 0 Å². The molecule has 8 heteroatoms. The van der Waals surface area contributed by atoms with Crippen molar-refractivity contribution in [3.05, 3.63) is 46.8 Å². The molecule has 1 aliphatic heterocycles. The number of nitrogens with zero attached hydrogens (tertiary/aromatic N) is 2. The van der Waals surface area contributed by atoms with E-state index < -0.39 is 9.84 Å². The first-order valence-electron chi connectivity index (χ1n) is 10.2. The van der Waals surface area contributed by atoms with Crippen LogP contribution >= 0.6 is 0 Å². The predicted molar refractivity (Wildman–Crippen MR) is 110 cm³/mol. The van der Waals surface area contributed by atoms with Gasteiger partial charge >= 0.3 is 0 Å². The van der Waals surface area contributed by atoms with Crippen LogP contribution in [-0.4, -0.2) is 49.3 Å². The average molecular weight is 418 g/mol. The first kappa shape index (κ1) is 19.9. The molecular weight excluding hydrogens is 390 g/mol. The lowest BCUT2D eigenvalue weighted by Gasteiger charge is -2.17. The summed E-state index contributed by atoms with van der Waals surface area (Å²) in [5.74, 6) is 0.968. The number of hydrogen-bond acceptors (Lipinski definition) is 5. The number of aromatic nitrogens is 2. The second-order valence-corrected chi connectivity index (χ2v) is 10.1. The summed E-state index contributed by atoms with van der Waals surface area (Å²) in [6.07, 6.45) is 5.08. The number of methoxy groups -OCH3 is 1. The van der Waals surface area contributed by atoms with Gasteiger partial charge in [0.05, 0.1) is 24.7 Å². The highest BCUT2D eigenvalue weighted by molar-refractivity contribution is 7.91. The van der Waals surface area contributed by atoms with Crippen molar-refractivity contribution in [1.29, 1.82) is 0 Å². The summed E-state index contributed by atoms with van der Waals surface area (Å²) in [6.45, 7) is 0.518. The maximum absolute atomic E-state index is 12.8. The van der Waals surface area contributed by atoms with Crippen molar-refractivity contribution in [3.8, 4) is 5.75 Å². The summed E-state index contributed by atoms with van der Waals surface area (Å²) in [5, 5.41) is 7.59. The molecule has 156 valence electrons. The minimum Gasteiger partial charge on any atom is -0.497 e.